The topological polar surface area (TPSA) is 95.6 Å². The molecule has 0 spiro atoms. The summed E-state index contributed by atoms with van der Waals surface area (Å²) in [6.07, 6.45) is -0.966. The maximum absolute atomic E-state index is 12.1. The second-order valence-electron chi connectivity index (χ2n) is 5.95. The number of nitrogens with one attached hydrogen (secondary N) is 1. The molecule has 0 saturated heterocycles. The van der Waals surface area contributed by atoms with Gasteiger partial charge in [-0.15, -0.1) is 0 Å². The molecule has 0 aliphatic rings. The molecule has 0 unspecified atom stereocenters. The van der Waals surface area contributed by atoms with Gasteiger partial charge in [-0.3, -0.25) is 4.79 Å². The Bertz CT molecular complexity index is 873. The number of aliphatic hydroxyl groups excluding tert-OH is 2. The zero-order chi connectivity index (χ0) is 18.5. The third-order valence-corrected chi connectivity index (χ3v) is 4.05. The summed E-state index contributed by atoms with van der Waals surface area (Å²) in [6, 6.07) is 16.8. The molecule has 6 heteroatoms. The molecule has 0 aliphatic carbocycles. The molecule has 0 fully saturated rings. The maximum Gasteiger partial charge on any atom is 0.251 e. The molecule has 6 nitrogen and oxygen atoms in total. The van der Waals surface area contributed by atoms with Crippen LogP contribution in [0.3, 0.4) is 0 Å². The fourth-order valence-corrected chi connectivity index (χ4v) is 2.67. The van der Waals surface area contributed by atoms with Crippen molar-refractivity contribution in [2.45, 2.75) is 13.0 Å². The summed E-state index contributed by atoms with van der Waals surface area (Å²) in [6.45, 7) is 1.46. The van der Waals surface area contributed by atoms with Crippen molar-refractivity contribution in [1.82, 2.24) is 10.5 Å². The molecule has 3 aromatic rings. The molecule has 1 aromatic heterocycles. The Kier molecular flexibility index (Phi) is 5.46. The number of aliphatic hydroxyl groups is 2. The molecule has 1 heterocycles. The molecular formula is C20H20N2O4. The van der Waals surface area contributed by atoms with Gasteiger partial charge in [-0.1, -0.05) is 47.6 Å². The lowest BCUT2D eigenvalue weighted by Gasteiger charge is -2.09. The molecule has 1 amide bonds. The zero-order valence-electron chi connectivity index (χ0n) is 14.3. The van der Waals surface area contributed by atoms with Crippen LogP contribution in [0.4, 0.5) is 0 Å². The van der Waals surface area contributed by atoms with Crippen molar-refractivity contribution in [1.29, 1.82) is 0 Å². The molecule has 3 rings (SSSR count). The number of carbonyl (C=O) groups excluding carboxylic acids is 1. The van der Waals surface area contributed by atoms with Gasteiger partial charge < -0.3 is 20.1 Å². The number of amides is 1. The number of rotatable bonds is 6. The Morgan fingerprint density at radius 2 is 1.81 bits per heavy atom. The smallest absolute Gasteiger partial charge is 0.251 e. The van der Waals surface area contributed by atoms with Gasteiger partial charge >= 0.3 is 0 Å². The van der Waals surface area contributed by atoms with Crippen LogP contribution in [-0.4, -0.2) is 40.5 Å². The number of aromatic nitrogens is 1. The van der Waals surface area contributed by atoms with Crippen LogP contribution in [0.2, 0.25) is 0 Å². The summed E-state index contributed by atoms with van der Waals surface area (Å²) in [4.78, 5) is 12.1. The molecule has 3 N–H and O–H groups in total. The van der Waals surface area contributed by atoms with Crippen molar-refractivity contribution in [3.63, 3.8) is 0 Å². The van der Waals surface area contributed by atoms with Gasteiger partial charge in [0.2, 0.25) is 0 Å². The Balaban J connectivity index is 1.84. The standard InChI is InChI=1S/C20H20N2O4/c1-13-18(19(22-26-13)15-5-3-2-4-6-15)14-7-9-16(10-8-14)20(25)21-11-17(24)12-23/h2-10,17,23-24H,11-12H2,1H3,(H,21,25)/t17-/m0/s1. The Morgan fingerprint density at radius 3 is 2.46 bits per heavy atom. The molecule has 0 aliphatic heterocycles. The second-order valence-corrected chi connectivity index (χ2v) is 5.95. The van der Waals surface area contributed by atoms with Crippen LogP contribution in [0.1, 0.15) is 16.1 Å². The highest BCUT2D eigenvalue weighted by molar-refractivity contribution is 5.95. The quantitative estimate of drug-likeness (QED) is 0.633. The minimum absolute atomic E-state index is 0.00000120. The summed E-state index contributed by atoms with van der Waals surface area (Å²) in [7, 11) is 0. The monoisotopic (exact) mass is 352 g/mol. The summed E-state index contributed by atoms with van der Waals surface area (Å²) >= 11 is 0. The van der Waals surface area contributed by atoms with Gasteiger partial charge in [0.25, 0.3) is 5.91 Å². The van der Waals surface area contributed by atoms with Gasteiger partial charge in [0.05, 0.1) is 18.3 Å². The zero-order valence-corrected chi connectivity index (χ0v) is 14.3. The highest BCUT2D eigenvalue weighted by atomic mass is 16.5. The van der Waals surface area contributed by atoms with Crippen LogP contribution in [0.25, 0.3) is 22.4 Å². The van der Waals surface area contributed by atoms with Gasteiger partial charge in [-0.25, -0.2) is 0 Å². The van der Waals surface area contributed by atoms with E-state index in [0.717, 1.165) is 22.4 Å². The lowest BCUT2D eigenvalue weighted by atomic mass is 9.98. The number of carbonyl (C=O) groups is 1. The highest BCUT2D eigenvalue weighted by Gasteiger charge is 2.17. The Morgan fingerprint density at radius 1 is 1.12 bits per heavy atom. The van der Waals surface area contributed by atoms with E-state index >= 15 is 0 Å². The minimum atomic E-state index is -0.966. The number of hydrogen-bond acceptors (Lipinski definition) is 5. The first kappa shape index (κ1) is 17.8. The average Bonchev–Trinajstić information content (AvgIpc) is 3.08. The van der Waals surface area contributed by atoms with Gasteiger partial charge in [-0.2, -0.15) is 0 Å². The molecule has 0 saturated carbocycles. The van der Waals surface area contributed by atoms with Crippen LogP contribution in [0.15, 0.2) is 59.1 Å². The first-order chi connectivity index (χ1) is 12.6. The predicted molar refractivity (Wildman–Crippen MR) is 97.5 cm³/mol. The Hall–Kier alpha value is -2.96. The van der Waals surface area contributed by atoms with Gasteiger partial charge in [0, 0.05) is 17.7 Å². The molecule has 26 heavy (non-hydrogen) atoms. The summed E-state index contributed by atoms with van der Waals surface area (Å²) in [5.41, 5.74) is 3.97. The second kappa shape index (κ2) is 7.95. The molecular weight excluding hydrogens is 332 g/mol. The minimum Gasteiger partial charge on any atom is -0.394 e. The fraction of sp³-hybridized carbons (Fsp3) is 0.200. The lowest BCUT2D eigenvalue weighted by Crippen LogP contribution is -2.33. The molecule has 0 bridgehead atoms. The van der Waals surface area contributed by atoms with E-state index < -0.39 is 12.7 Å². The van der Waals surface area contributed by atoms with Crippen LogP contribution < -0.4 is 5.32 Å². The van der Waals surface area contributed by atoms with E-state index in [9.17, 15) is 9.90 Å². The van der Waals surface area contributed by atoms with Crippen LogP contribution in [0.5, 0.6) is 0 Å². The predicted octanol–water partition coefficient (Wildman–Crippen LogP) is 2.40. The van der Waals surface area contributed by atoms with Crippen molar-refractivity contribution in [3.05, 3.63) is 65.9 Å². The Labute approximate surface area is 151 Å². The summed E-state index contributed by atoms with van der Waals surface area (Å²) in [5, 5.41) is 24.8. The average molecular weight is 352 g/mol. The van der Waals surface area contributed by atoms with E-state index in [1.165, 1.54) is 0 Å². The van der Waals surface area contributed by atoms with E-state index in [1.54, 1.807) is 12.1 Å². The highest BCUT2D eigenvalue weighted by Crippen LogP contribution is 2.34. The van der Waals surface area contributed by atoms with Crippen molar-refractivity contribution in [2.75, 3.05) is 13.2 Å². The summed E-state index contributed by atoms with van der Waals surface area (Å²) < 4.78 is 5.38. The third kappa shape index (κ3) is 3.82. The van der Waals surface area contributed by atoms with Crippen molar-refractivity contribution < 1.29 is 19.5 Å². The SMILES string of the molecule is Cc1onc(-c2ccccc2)c1-c1ccc(C(=O)NC[C@H](O)CO)cc1. The maximum atomic E-state index is 12.1. The molecule has 134 valence electrons. The van der Waals surface area contributed by atoms with E-state index in [2.05, 4.69) is 10.5 Å². The van der Waals surface area contributed by atoms with E-state index in [1.807, 2.05) is 49.4 Å². The van der Waals surface area contributed by atoms with E-state index in [-0.39, 0.29) is 12.5 Å². The van der Waals surface area contributed by atoms with E-state index in [4.69, 9.17) is 9.63 Å². The van der Waals surface area contributed by atoms with Gasteiger partial charge in [-0.05, 0) is 24.6 Å². The van der Waals surface area contributed by atoms with Crippen molar-refractivity contribution >= 4 is 5.91 Å². The first-order valence-electron chi connectivity index (χ1n) is 8.29. The van der Waals surface area contributed by atoms with E-state index in [0.29, 0.717) is 11.3 Å². The van der Waals surface area contributed by atoms with Crippen LogP contribution >= 0.6 is 0 Å². The largest absolute Gasteiger partial charge is 0.394 e. The van der Waals surface area contributed by atoms with Gasteiger partial charge in [0.15, 0.2) is 0 Å². The van der Waals surface area contributed by atoms with Crippen LogP contribution in [-0.2, 0) is 0 Å². The molecule has 1 atom stereocenters. The normalized spacial score (nSPS) is 12.0. The third-order valence-electron chi connectivity index (χ3n) is 4.05. The van der Waals surface area contributed by atoms with Crippen molar-refractivity contribution in [3.8, 4) is 22.4 Å². The number of hydrogen-bond donors (Lipinski definition) is 3. The number of nitrogens with zero attached hydrogens (tertiary/aromatic N) is 1. The summed E-state index contributed by atoms with van der Waals surface area (Å²) in [5.74, 6) is 0.390. The fourth-order valence-electron chi connectivity index (χ4n) is 2.67. The molecule has 0 radical (unpaired) electrons. The number of benzene rings is 2. The number of aryl methyl sites for hydroxylation is 1. The van der Waals surface area contributed by atoms with Crippen molar-refractivity contribution in [2.24, 2.45) is 0 Å². The lowest BCUT2D eigenvalue weighted by molar-refractivity contribution is 0.0802. The van der Waals surface area contributed by atoms with Crippen LogP contribution in [0, 0.1) is 6.92 Å². The van der Waals surface area contributed by atoms with Gasteiger partial charge in [0.1, 0.15) is 11.5 Å². The molecule has 2 aromatic carbocycles. The first-order valence-corrected chi connectivity index (χ1v) is 8.29.